The van der Waals surface area contributed by atoms with Crippen molar-refractivity contribution < 1.29 is 4.79 Å². The van der Waals surface area contributed by atoms with Gasteiger partial charge in [-0.05, 0) is 62.4 Å². The molecule has 31 heavy (non-hydrogen) atoms. The van der Waals surface area contributed by atoms with Gasteiger partial charge < -0.3 is 5.32 Å². The van der Waals surface area contributed by atoms with Gasteiger partial charge in [0.05, 0.1) is 17.0 Å². The van der Waals surface area contributed by atoms with Crippen molar-refractivity contribution >= 4 is 44.9 Å². The third-order valence-electron chi connectivity index (χ3n) is 5.03. The number of hydrogen-bond donors (Lipinski definition) is 1. The van der Waals surface area contributed by atoms with Gasteiger partial charge in [-0.15, -0.1) is 11.3 Å². The lowest BCUT2D eigenvalue weighted by Crippen LogP contribution is -2.23. The molecule has 2 heterocycles. The number of anilines is 1. The Balaban J connectivity index is 1.66. The van der Waals surface area contributed by atoms with E-state index in [1.54, 1.807) is 4.57 Å². The van der Waals surface area contributed by atoms with Gasteiger partial charge in [0.2, 0.25) is 5.91 Å². The Morgan fingerprint density at radius 3 is 2.45 bits per heavy atom. The predicted molar refractivity (Wildman–Crippen MR) is 130 cm³/mol. The smallest absolute Gasteiger partial charge is 0.276 e. The number of thioether (sulfide) groups is 1. The highest BCUT2D eigenvalue weighted by Crippen LogP contribution is 2.26. The van der Waals surface area contributed by atoms with E-state index in [9.17, 15) is 9.59 Å². The van der Waals surface area contributed by atoms with Crippen molar-refractivity contribution in [3.05, 3.63) is 80.5 Å². The molecule has 0 radical (unpaired) electrons. The molecule has 0 atom stereocenters. The molecule has 7 heteroatoms. The lowest BCUT2D eigenvalue weighted by atomic mass is 10.1. The second-order valence-corrected chi connectivity index (χ2v) is 9.47. The van der Waals surface area contributed by atoms with E-state index >= 15 is 0 Å². The van der Waals surface area contributed by atoms with Crippen molar-refractivity contribution in [2.75, 3.05) is 11.1 Å². The molecule has 0 saturated carbocycles. The van der Waals surface area contributed by atoms with E-state index in [0.717, 1.165) is 33.6 Å². The quantitative estimate of drug-likeness (QED) is 0.327. The number of aryl methyl sites for hydroxylation is 4. The fourth-order valence-electron chi connectivity index (χ4n) is 3.53. The molecule has 0 fully saturated rings. The molecule has 0 aliphatic carbocycles. The molecule has 158 valence electrons. The number of amides is 1. The van der Waals surface area contributed by atoms with Crippen LogP contribution in [0.4, 0.5) is 5.69 Å². The Bertz CT molecular complexity index is 1350. The van der Waals surface area contributed by atoms with Gasteiger partial charge in [-0.3, -0.25) is 14.2 Å². The fourth-order valence-corrected chi connectivity index (χ4v) is 5.09. The molecule has 0 aliphatic rings. The predicted octanol–water partition coefficient (Wildman–Crippen LogP) is 5.41. The van der Waals surface area contributed by atoms with E-state index < -0.39 is 0 Å². The van der Waals surface area contributed by atoms with Crippen molar-refractivity contribution in [3.63, 3.8) is 0 Å². The van der Waals surface area contributed by atoms with Crippen LogP contribution in [0, 0.1) is 27.7 Å². The van der Waals surface area contributed by atoms with Crippen LogP contribution in [0.15, 0.2) is 57.8 Å². The first-order valence-electron chi connectivity index (χ1n) is 9.91. The summed E-state index contributed by atoms with van der Waals surface area (Å²) in [6.45, 7) is 7.99. The Morgan fingerprint density at radius 1 is 1.03 bits per heavy atom. The largest absolute Gasteiger partial charge is 0.325 e. The highest BCUT2D eigenvalue weighted by molar-refractivity contribution is 7.99. The first-order valence-corrected chi connectivity index (χ1v) is 11.8. The second kappa shape index (κ2) is 8.69. The zero-order chi connectivity index (χ0) is 22.1. The maximum absolute atomic E-state index is 13.3. The van der Waals surface area contributed by atoms with Crippen molar-refractivity contribution in [2.24, 2.45) is 0 Å². The Labute approximate surface area is 189 Å². The van der Waals surface area contributed by atoms with Gasteiger partial charge in [-0.1, -0.05) is 47.2 Å². The highest BCUT2D eigenvalue weighted by atomic mass is 32.2. The van der Waals surface area contributed by atoms with E-state index in [0.29, 0.717) is 15.4 Å². The van der Waals surface area contributed by atoms with Gasteiger partial charge in [0, 0.05) is 5.69 Å². The molecule has 0 bridgehead atoms. The van der Waals surface area contributed by atoms with Gasteiger partial charge in [0.15, 0.2) is 5.16 Å². The van der Waals surface area contributed by atoms with Gasteiger partial charge in [-0.25, -0.2) is 4.98 Å². The van der Waals surface area contributed by atoms with Crippen LogP contribution in [-0.4, -0.2) is 21.2 Å². The maximum atomic E-state index is 13.3. The zero-order valence-electron chi connectivity index (χ0n) is 17.9. The molecule has 2 aromatic heterocycles. The number of nitrogens with one attached hydrogen (secondary N) is 1. The van der Waals surface area contributed by atoms with Gasteiger partial charge >= 0.3 is 0 Å². The van der Waals surface area contributed by atoms with Crippen molar-refractivity contribution in [2.45, 2.75) is 32.9 Å². The minimum Gasteiger partial charge on any atom is -0.325 e. The van der Waals surface area contributed by atoms with E-state index in [4.69, 9.17) is 4.98 Å². The fraction of sp³-hybridized carbons (Fsp3) is 0.208. The monoisotopic (exact) mass is 449 g/mol. The molecule has 0 saturated heterocycles. The number of nitrogens with zero attached hydrogens (tertiary/aromatic N) is 2. The third-order valence-corrected chi connectivity index (χ3v) is 6.86. The normalized spacial score (nSPS) is 11.1. The molecule has 1 amide bonds. The van der Waals surface area contributed by atoms with Crippen LogP contribution in [0.5, 0.6) is 0 Å². The standard InChI is InChI=1S/C24H23N3O2S2/c1-14-5-7-18(16(3)11-14)25-21(28)13-31-24-26-19-9-10-30-22(19)23(29)27(24)20-8-6-15(2)12-17(20)4/h5-12H,13H2,1-4H3,(H,25,28). The molecule has 0 spiro atoms. The van der Waals surface area contributed by atoms with Crippen LogP contribution in [0.2, 0.25) is 0 Å². The lowest BCUT2D eigenvalue weighted by molar-refractivity contribution is -0.113. The van der Waals surface area contributed by atoms with E-state index in [2.05, 4.69) is 5.32 Å². The summed E-state index contributed by atoms with van der Waals surface area (Å²) in [4.78, 5) is 30.6. The number of carbonyl (C=O) groups is 1. The van der Waals surface area contributed by atoms with Crippen LogP contribution in [-0.2, 0) is 4.79 Å². The minimum atomic E-state index is -0.135. The molecule has 2 aromatic carbocycles. The third kappa shape index (κ3) is 4.43. The molecule has 0 unspecified atom stereocenters. The molecule has 4 rings (SSSR count). The number of thiophene rings is 1. The Kier molecular flexibility index (Phi) is 5.98. The summed E-state index contributed by atoms with van der Waals surface area (Å²) >= 11 is 2.65. The SMILES string of the molecule is Cc1ccc(NC(=O)CSc2nc3ccsc3c(=O)n2-c2ccc(C)cc2C)c(C)c1. The number of fused-ring (bicyclic) bond motifs is 1. The van der Waals surface area contributed by atoms with Crippen LogP contribution in [0.3, 0.4) is 0 Å². The minimum absolute atomic E-state index is 0.107. The highest BCUT2D eigenvalue weighted by Gasteiger charge is 2.17. The topological polar surface area (TPSA) is 64.0 Å². The van der Waals surface area contributed by atoms with E-state index in [1.807, 2.05) is 75.5 Å². The summed E-state index contributed by atoms with van der Waals surface area (Å²) in [7, 11) is 0. The number of hydrogen-bond acceptors (Lipinski definition) is 5. The number of rotatable bonds is 5. The van der Waals surface area contributed by atoms with E-state index in [1.165, 1.54) is 23.1 Å². The molecule has 0 aliphatic heterocycles. The summed E-state index contributed by atoms with van der Waals surface area (Å²) in [6, 6.07) is 13.7. The van der Waals surface area contributed by atoms with Crippen molar-refractivity contribution in [1.82, 2.24) is 9.55 Å². The summed E-state index contributed by atoms with van der Waals surface area (Å²) in [6.07, 6.45) is 0. The Morgan fingerprint density at radius 2 is 1.74 bits per heavy atom. The van der Waals surface area contributed by atoms with Gasteiger partial charge in [0.25, 0.3) is 5.56 Å². The lowest BCUT2D eigenvalue weighted by Gasteiger charge is -2.15. The first-order chi connectivity index (χ1) is 14.8. The van der Waals surface area contributed by atoms with Crippen LogP contribution >= 0.6 is 23.1 Å². The molecular weight excluding hydrogens is 426 g/mol. The van der Waals surface area contributed by atoms with Gasteiger partial charge in [-0.2, -0.15) is 0 Å². The average Bonchev–Trinajstić information content (AvgIpc) is 3.18. The molecular formula is C24H23N3O2S2. The first kappa shape index (κ1) is 21.3. The molecule has 4 aromatic rings. The summed E-state index contributed by atoms with van der Waals surface area (Å²) in [5.74, 6) is 0.0177. The zero-order valence-corrected chi connectivity index (χ0v) is 19.5. The van der Waals surface area contributed by atoms with Crippen molar-refractivity contribution in [3.8, 4) is 5.69 Å². The van der Waals surface area contributed by atoms with E-state index in [-0.39, 0.29) is 17.2 Å². The Hall–Kier alpha value is -2.90. The summed E-state index contributed by atoms with van der Waals surface area (Å²) in [5, 5.41) is 5.34. The van der Waals surface area contributed by atoms with Crippen LogP contribution in [0.25, 0.3) is 15.9 Å². The molecule has 5 nitrogen and oxygen atoms in total. The second-order valence-electron chi connectivity index (χ2n) is 7.62. The number of benzene rings is 2. The summed E-state index contributed by atoms with van der Waals surface area (Å²) in [5.41, 5.74) is 6.42. The van der Waals surface area contributed by atoms with Crippen molar-refractivity contribution in [1.29, 1.82) is 0 Å². The maximum Gasteiger partial charge on any atom is 0.276 e. The van der Waals surface area contributed by atoms with Crippen LogP contribution < -0.4 is 10.9 Å². The van der Waals surface area contributed by atoms with Crippen LogP contribution in [0.1, 0.15) is 22.3 Å². The average molecular weight is 450 g/mol. The number of aromatic nitrogens is 2. The summed E-state index contributed by atoms with van der Waals surface area (Å²) < 4.78 is 2.24. The molecule has 1 N–H and O–H groups in total. The number of carbonyl (C=O) groups excluding carboxylic acids is 1. The van der Waals surface area contributed by atoms with Gasteiger partial charge in [0.1, 0.15) is 4.70 Å².